The van der Waals surface area contributed by atoms with E-state index in [-0.39, 0.29) is 24.7 Å². The minimum Gasteiger partial charge on any atom is -0.497 e. The predicted molar refractivity (Wildman–Crippen MR) is 235 cm³/mol. The van der Waals surface area contributed by atoms with Crippen LogP contribution in [-0.4, -0.2) is 63.7 Å². The lowest BCUT2D eigenvalue weighted by molar-refractivity contribution is -0.127. The first-order chi connectivity index (χ1) is 29.0. The van der Waals surface area contributed by atoms with Crippen LogP contribution in [0.1, 0.15) is 120 Å². The molecular weight excluding hydrogens is 753 g/mol. The predicted octanol–water partition coefficient (Wildman–Crippen LogP) is 9.82. The zero-order chi connectivity index (χ0) is 42.3. The molecule has 6 unspecified atom stereocenters. The summed E-state index contributed by atoms with van der Waals surface area (Å²) in [5.74, 6) is 5.35. The maximum atomic E-state index is 13.1. The minimum absolute atomic E-state index is 0.0648. The van der Waals surface area contributed by atoms with Crippen molar-refractivity contribution in [3.63, 3.8) is 0 Å². The van der Waals surface area contributed by atoms with Gasteiger partial charge in [-0.1, -0.05) is 68.4 Å². The van der Waals surface area contributed by atoms with Crippen LogP contribution in [0.15, 0.2) is 78.9 Å². The van der Waals surface area contributed by atoms with Gasteiger partial charge in [-0.2, -0.15) is 0 Å². The Morgan fingerprint density at radius 3 is 2.07 bits per heavy atom. The quantitative estimate of drug-likeness (QED) is 0.116. The Kier molecular flexibility index (Phi) is 14.2. The van der Waals surface area contributed by atoms with E-state index >= 15 is 0 Å². The van der Waals surface area contributed by atoms with Gasteiger partial charge in [-0.05, 0) is 165 Å². The van der Waals surface area contributed by atoms with Gasteiger partial charge in [-0.15, -0.1) is 0 Å². The number of amides is 2. The van der Waals surface area contributed by atoms with Crippen molar-refractivity contribution in [1.29, 1.82) is 0 Å². The Balaban J connectivity index is 0.894. The van der Waals surface area contributed by atoms with Gasteiger partial charge < -0.3 is 34.7 Å². The minimum atomic E-state index is -0.955. The summed E-state index contributed by atoms with van der Waals surface area (Å²) in [6.07, 6.45) is 13.3. The topological polar surface area (TPSA) is 115 Å². The standard InChI is InChI=1S/C51H70N2O7/c1-49-31-27-46-44(45(49)25-19-35(49)12-9-13-47(55)52-3)24-18-39-34-43(26-30-50(39,46)2)60-48(56)53-32-28-40(54)29-33-59-51(36-10-7-6-8-11-36,37-14-20-41(57-4)21-15-37)38-16-22-42(58-5)23-17-38/h6-8,10-11,14-17,20-23,35,39-40,43-46,54H,9,12-13,18-19,24-34H2,1-5H3,(H,52,55)(H,53,56)/t35-,39?,40?,43?,44?,45?,46?,49+,50-/m1/s1. The SMILES string of the molecule is CNC(=O)CCC[C@@H]1CCC2C3CCC4CC(OC(=O)NCCC(O)CCOC(c5ccccc5)(c5ccc(OC)cc5)c5ccc(OC)cc5)CC[C@@]4(C)C3CC[C@]21C. The molecule has 326 valence electrons. The van der Waals surface area contributed by atoms with Crippen molar-refractivity contribution >= 4 is 12.0 Å². The van der Waals surface area contributed by atoms with E-state index in [0.29, 0.717) is 42.6 Å². The summed E-state index contributed by atoms with van der Waals surface area (Å²) < 4.78 is 23.9. The van der Waals surface area contributed by atoms with Gasteiger partial charge in [0, 0.05) is 20.0 Å². The molecule has 3 aromatic rings. The van der Waals surface area contributed by atoms with Crippen LogP contribution in [0.25, 0.3) is 0 Å². The van der Waals surface area contributed by atoms with Crippen LogP contribution >= 0.6 is 0 Å². The van der Waals surface area contributed by atoms with Crippen LogP contribution in [0, 0.1) is 40.4 Å². The van der Waals surface area contributed by atoms with Gasteiger partial charge in [0.25, 0.3) is 0 Å². The molecule has 0 saturated heterocycles. The molecule has 0 aliphatic heterocycles. The molecule has 4 fully saturated rings. The molecular formula is C51H70N2O7. The van der Waals surface area contributed by atoms with Crippen molar-refractivity contribution in [2.24, 2.45) is 40.4 Å². The molecule has 0 heterocycles. The summed E-state index contributed by atoms with van der Waals surface area (Å²) in [7, 11) is 5.05. The summed E-state index contributed by atoms with van der Waals surface area (Å²) in [6.45, 7) is 5.75. The Hall–Kier alpha value is -4.08. The number of carbonyl (C=O) groups is 2. The lowest BCUT2D eigenvalue weighted by Gasteiger charge is -2.61. The number of hydrogen-bond donors (Lipinski definition) is 3. The number of benzene rings is 3. The van der Waals surface area contributed by atoms with E-state index in [1.54, 1.807) is 21.3 Å². The van der Waals surface area contributed by atoms with Gasteiger partial charge in [0.15, 0.2) is 0 Å². The number of aliphatic hydroxyl groups excluding tert-OH is 1. The normalized spacial score (nSPS) is 29.0. The molecule has 0 radical (unpaired) electrons. The second-order valence-electron chi connectivity index (χ2n) is 18.9. The first kappa shape index (κ1) is 44.0. The number of ether oxygens (including phenoxy) is 4. The molecule has 4 aliphatic carbocycles. The van der Waals surface area contributed by atoms with Crippen LogP contribution in [0.5, 0.6) is 11.5 Å². The molecule has 3 aromatic carbocycles. The largest absolute Gasteiger partial charge is 0.497 e. The monoisotopic (exact) mass is 823 g/mol. The zero-order valence-electron chi connectivity index (χ0n) is 36.8. The zero-order valence-corrected chi connectivity index (χ0v) is 36.8. The number of fused-ring (bicyclic) bond motifs is 5. The average Bonchev–Trinajstić information content (AvgIpc) is 3.61. The lowest BCUT2D eigenvalue weighted by atomic mass is 9.44. The third-order valence-corrected chi connectivity index (χ3v) is 16.0. The van der Waals surface area contributed by atoms with Gasteiger partial charge in [0.1, 0.15) is 23.2 Å². The van der Waals surface area contributed by atoms with E-state index in [0.717, 1.165) is 77.5 Å². The molecule has 7 rings (SSSR count). The van der Waals surface area contributed by atoms with Crippen LogP contribution in [0.3, 0.4) is 0 Å². The summed E-state index contributed by atoms with van der Waals surface area (Å²) >= 11 is 0. The Morgan fingerprint density at radius 2 is 1.42 bits per heavy atom. The number of rotatable bonds is 17. The van der Waals surface area contributed by atoms with E-state index in [1.807, 2.05) is 66.7 Å². The summed E-state index contributed by atoms with van der Waals surface area (Å²) in [5, 5.41) is 16.8. The smallest absolute Gasteiger partial charge is 0.407 e. The molecule has 0 bridgehead atoms. The van der Waals surface area contributed by atoms with E-state index in [1.165, 1.54) is 44.9 Å². The maximum Gasteiger partial charge on any atom is 0.407 e. The van der Waals surface area contributed by atoms with Gasteiger partial charge in [-0.25, -0.2) is 4.79 Å². The van der Waals surface area contributed by atoms with E-state index < -0.39 is 11.7 Å². The molecule has 4 saturated carbocycles. The van der Waals surface area contributed by atoms with Gasteiger partial charge >= 0.3 is 6.09 Å². The average molecular weight is 823 g/mol. The molecule has 9 atom stereocenters. The molecule has 0 spiro atoms. The van der Waals surface area contributed by atoms with Crippen molar-refractivity contribution in [2.45, 2.75) is 122 Å². The first-order valence-electron chi connectivity index (χ1n) is 22.9. The third kappa shape index (κ3) is 9.09. The molecule has 4 aliphatic rings. The summed E-state index contributed by atoms with van der Waals surface area (Å²) in [5.41, 5.74) is 2.60. The molecule has 9 heteroatoms. The number of aliphatic hydroxyl groups is 1. The van der Waals surface area contributed by atoms with Crippen molar-refractivity contribution in [2.75, 3.05) is 34.4 Å². The molecule has 0 aromatic heterocycles. The molecule has 9 nitrogen and oxygen atoms in total. The number of hydrogen-bond acceptors (Lipinski definition) is 7. The fraction of sp³-hybridized carbons (Fsp3) is 0.608. The van der Waals surface area contributed by atoms with Crippen LogP contribution in [0.2, 0.25) is 0 Å². The number of alkyl carbamates (subject to hydrolysis) is 1. The second kappa shape index (κ2) is 19.3. The fourth-order valence-corrected chi connectivity index (χ4v) is 12.6. The van der Waals surface area contributed by atoms with E-state index in [2.05, 4.69) is 36.6 Å². The van der Waals surface area contributed by atoms with Crippen LogP contribution in [0.4, 0.5) is 4.79 Å². The van der Waals surface area contributed by atoms with Crippen molar-refractivity contribution in [3.05, 3.63) is 95.6 Å². The summed E-state index contributed by atoms with van der Waals surface area (Å²) in [4.78, 5) is 25.0. The summed E-state index contributed by atoms with van der Waals surface area (Å²) in [6, 6.07) is 26.0. The van der Waals surface area contributed by atoms with Crippen molar-refractivity contribution in [3.8, 4) is 11.5 Å². The van der Waals surface area contributed by atoms with Gasteiger partial charge in [0.2, 0.25) is 5.91 Å². The molecule has 2 amide bonds. The van der Waals surface area contributed by atoms with Crippen molar-refractivity contribution in [1.82, 2.24) is 10.6 Å². The number of nitrogens with one attached hydrogen (secondary N) is 2. The maximum absolute atomic E-state index is 13.1. The highest BCUT2D eigenvalue weighted by Crippen LogP contribution is 2.68. The molecule has 3 N–H and O–H groups in total. The highest BCUT2D eigenvalue weighted by Gasteiger charge is 2.60. The number of methoxy groups -OCH3 is 2. The Morgan fingerprint density at radius 1 is 0.783 bits per heavy atom. The highest BCUT2D eigenvalue weighted by atomic mass is 16.6. The van der Waals surface area contributed by atoms with E-state index in [4.69, 9.17) is 18.9 Å². The first-order valence-corrected chi connectivity index (χ1v) is 22.9. The Labute approximate surface area is 358 Å². The van der Waals surface area contributed by atoms with Gasteiger partial charge in [-0.3, -0.25) is 4.79 Å². The van der Waals surface area contributed by atoms with Gasteiger partial charge in [0.05, 0.1) is 26.9 Å². The van der Waals surface area contributed by atoms with Crippen LogP contribution in [-0.2, 0) is 19.9 Å². The van der Waals surface area contributed by atoms with Crippen LogP contribution < -0.4 is 20.1 Å². The third-order valence-electron chi connectivity index (χ3n) is 16.0. The highest BCUT2D eigenvalue weighted by molar-refractivity contribution is 5.75. The Bertz CT molecular complexity index is 1810. The fourth-order valence-electron chi connectivity index (χ4n) is 12.6. The van der Waals surface area contributed by atoms with Crippen molar-refractivity contribution < 1.29 is 33.6 Å². The number of carbonyl (C=O) groups excluding carboxylic acids is 2. The lowest BCUT2D eigenvalue weighted by Crippen LogP contribution is -2.54. The second-order valence-corrected chi connectivity index (χ2v) is 18.9. The van der Waals surface area contributed by atoms with E-state index in [9.17, 15) is 14.7 Å². The molecule has 60 heavy (non-hydrogen) atoms.